The minimum atomic E-state index is -0.0331. The zero-order valence-electron chi connectivity index (χ0n) is 8.35. The zero-order valence-corrected chi connectivity index (χ0v) is 9.16. The Bertz CT molecular complexity index is 203. The van der Waals surface area contributed by atoms with Crippen LogP contribution in [0.15, 0.2) is 0 Å². The van der Waals surface area contributed by atoms with Crippen LogP contribution >= 0.6 is 12.1 Å². The summed E-state index contributed by atoms with van der Waals surface area (Å²) in [5, 5.41) is 14.6. The van der Waals surface area contributed by atoms with Crippen LogP contribution in [-0.4, -0.2) is 39.6 Å². The highest BCUT2D eigenvalue weighted by Crippen LogP contribution is 2.18. The van der Waals surface area contributed by atoms with Crippen LogP contribution in [-0.2, 0) is 4.79 Å². The average molecular weight is 219 g/mol. The molecule has 0 aromatic rings. The van der Waals surface area contributed by atoms with E-state index >= 15 is 0 Å². The van der Waals surface area contributed by atoms with Crippen LogP contribution in [0.25, 0.3) is 0 Å². The Kier molecular flexibility index (Phi) is 4.67. The predicted molar refractivity (Wildman–Crippen MR) is 55.3 cm³/mol. The molecular weight excluding hydrogens is 202 g/mol. The van der Waals surface area contributed by atoms with Crippen molar-refractivity contribution in [1.29, 1.82) is 0 Å². The molecular formula is C8H17N3O2S. The van der Waals surface area contributed by atoms with E-state index in [-0.39, 0.29) is 11.9 Å². The van der Waals surface area contributed by atoms with E-state index in [1.807, 2.05) is 6.92 Å². The van der Waals surface area contributed by atoms with Crippen molar-refractivity contribution in [2.45, 2.75) is 32.2 Å². The summed E-state index contributed by atoms with van der Waals surface area (Å²) in [6.07, 6.45) is 2.33. The Balaban J connectivity index is 2.47. The molecule has 14 heavy (non-hydrogen) atoms. The molecule has 82 valence electrons. The quantitative estimate of drug-likeness (QED) is 0.537. The Morgan fingerprint density at radius 3 is 3.07 bits per heavy atom. The second kappa shape index (κ2) is 5.55. The van der Waals surface area contributed by atoms with E-state index in [4.69, 9.17) is 5.14 Å². The number of likely N-dealkylation sites (tertiary alicyclic amines) is 1. The molecule has 0 aromatic carbocycles. The lowest BCUT2D eigenvalue weighted by Crippen LogP contribution is -2.47. The minimum Gasteiger partial charge on any atom is -0.341 e. The number of nitrogens with zero attached hydrogens (tertiary/aromatic N) is 2. The molecule has 1 rings (SSSR count). The van der Waals surface area contributed by atoms with Gasteiger partial charge in [-0.1, -0.05) is 6.92 Å². The summed E-state index contributed by atoms with van der Waals surface area (Å²) in [6.45, 7) is 3.22. The van der Waals surface area contributed by atoms with Crippen molar-refractivity contribution >= 4 is 18.0 Å². The third-order valence-corrected chi connectivity index (χ3v) is 2.99. The summed E-state index contributed by atoms with van der Waals surface area (Å²) < 4.78 is 1.04. The molecule has 1 atom stereocenters. The van der Waals surface area contributed by atoms with Gasteiger partial charge in [0, 0.05) is 31.6 Å². The van der Waals surface area contributed by atoms with Gasteiger partial charge >= 0.3 is 0 Å². The SMILES string of the molecule is CCC(=O)N1CCCC(N(O)SN)C1. The molecule has 0 spiro atoms. The maximum Gasteiger partial charge on any atom is 0.222 e. The van der Waals surface area contributed by atoms with E-state index in [2.05, 4.69) is 0 Å². The molecule has 5 nitrogen and oxygen atoms in total. The fraction of sp³-hybridized carbons (Fsp3) is 0.875. The normalized spacial score (nSPS) is 22.9. The molecule has 0 bridgehead atoms. The van der Waals surface area contributed by atoms with Crippen molar-refractivity contribution < 1.29 is 10.0 Å². The number of hydrogen-bond acceptors (Lipinski definition) is 5. The van der Waals surface area contributed by atoms with E-state index in [9.17, 15) is 10.0 Å². The van der Waals surface area contributed by atoms with Gasteiger partial charge in [-0.15, -0.1) is 4.47 Å². The monoisotopic (exact) mass is 219 g/mol. The number of nitrogens with two attached hydrogens (primary N) is 1. The number of amides is 1. The number of carbonyl (C=O) groups excluding carboxylic acids is 1. The fourth-order valence-corrected chi connectivity index (χ4v) is 2.02. The first kappa shape index (κ1) is 11.8. The number of piperidine rings is 1. The number of hydrogen-bond donors (Lipinski definition) is 2. The summed E-state index contributed by atoms with van der Waals surface area (Å²) in [6, 6.07) is -0.0331. The first-order valence-electron chi connectivity index (χ1n) is 4.81. The third kappa shape index (κ3) is 2.84. The highest BCUT2D eigenvalue weighted by atomic mass is 32.2. The van der Waals surface area contributed by atoms with Gasteiger partial charge < -0.3 is 10.1 Å². The van der Waals surface area contributed by atoms with E-state index in [1.165, 1.54) is 0 Å². The van der Waals surface area contributed by atoms with Crippen LogP contribution in [0.5, 0.6) is 0 Å². The Morgan fingerprint density at radius 2 is 2.50 bits per heavy atom. The van der Waals surface area contributed by atoms with Gasteiger partial charge in [0.05, 0.1) is 6.04 Å². The van der Waals surface area contributed by atoms with Crippen LogP contribution in [0.2, 0.25) is 0 Å². The third-order valence-electron chi connectivity index (χ3n) is 2.47. The molecule has 0 aromatic heterocycles. The van der Waals surface area contributed by atoms with Gasteiger partial charge in [0.1, 0.15) is 0 Å². The van der Waals surface area contributed by atoms with Crippen molar-refractivity contribution in [2.75, 3.05) is 13.1 Å². The summed E-state index contributed by atoms with van der Waals surface area (Å²) in [5.41, 5.74) is 0. The van der Waals surface area contributed by atoms with Gasteiger partial charge in [-0.3, -0.25) is 9.93 Å². The summed E-state index contributed by atoms with van der Waals surface area (Å²) >= 11 is 0.804. The Labute approximate surface area is 88.5 Å². The van der Waals surface area contributed by atoms with Crippen molar-refractivity contribution in [3.05, 3.63) is 0 Å². The topological polar surface area (TPSA) is 69.8 Å². The molecule has 3 N–H and O–H groups in total. The van der Waals surface area contributed by atoms with E-state index < -0.39 is 0 Å². The number of rotatable bonds is 3. The molecule has 0 saturated carbocycles. The highest BCUT2D eigenvalue weighted by Gasteiger charge is 2.26. The van der Waals surface area contributed by atoms with Gasteiger partial charge in [0.15, 0.2) is 0 Å². The van der Waals surface area contributed by atoms with Gasteiger partial charge in [0.2, 0.25) is 5.91 Å². The van der Waals surface area contributed by atoms with Crippen LogP contribution < -0.4 is 5.14 Å². The molecule has 1 aliphatic heterocycles. The molecule has 1 fully saturated rings. The molecule has 0 aliphatic carbocycles. The zero-order chi connectivity index (χ0) is 10.6. The average Bonchev–Trinajstić information content (AvgIpc) is 2.27. The molecule has 1 amide bonds. The Hall–Kier alpha value is -0.300. The van der Waals surface area contributed by atoms with Crippen LogP contribution in [0, 0.1) is 0 Å². The molecule has 6 heteroatoms. The van der Waals surface area contributed by atoms with Gasteiger partial charge in [-0.05, 0) is 12.8 Å². The maximum atomic E-state index is 11.4. The molecule has 1 aliphatic rings. The smallest absolute Gasteiger partial charge is 0.222 e. The number of hydroxylamine groups is 1. The van der Waals surface area contributed by atoms with Gasteiger partial charge in [0.25, 0.3) is 0 Å². The fourth-order valence-electron chi connectivity index (χ4n) is 1.67. The molecule has 1 unspecified atom stereocenters. The number of carbonyl (C=O) groups is 1. The summed E-state index contributed by atoms with van der Waals surface area (Å²) in [5.74, 6) is 0.144. The lowest BCUT2D eigenvalue weighted by atomic mass is 10.1. The molecule has 1 heterocycles. The minimum absolute atomic E-state index is 0.0331. The summed E-state index contributed by atoms with van der Waals surface area (Å²) in [4.78, 5) is 13.2. The highest BCUT2D eigenvalue weighted by molar-refractivity contribution is 7.94. The molecule has 1 saturated heterocycles. The predicted octanol–water partition coefficient (Wildman–Crippen LogP) is 0.601. The van der Waals surface area contributed by atoms with Crippen molar-refractivity contribution in [1.82, 2.24) is 9.37 Å². The van der Waals surface area contributed by atoms with Gasteiger partial charge in [-0.25, -0.2) is 0 Å². The van der Waals surface area contributed by atoms with E-state index in [0.717, 1.165) is 36.0 Å². The second-order valence-corrected chi connectivity index (χ2v) is 3.98. The maximum absolute atomic E-state index is 11.4. The van der Waals surface area contributed by atoms with E-state index in [0.29, 0.717) is 13.0 Å². The molecule has 0 radical (unpaired) electrons. The van der Waals surface area contributed by atoms with Crippen molar-refractivity contribution in [3.63, 3.8) is 0 Å². The lowest BCUT2D eigenvalue weighted by Gasteiger charge is -2.34. The van der Waals surface area contributed by atoms with Crippen molar-refractivity contribution in [2.24, 2.45) is 5.14 Å². The standard InChI is InChI=1S/C8H17N3O2S/c1-2-8(12)10-5-3-4-7(6-10)11(13)14-9/h7,13H,2-6,9H2,1H3. The second-order valence-electron chi connectivity index (χ2n) is 3.40. The van der Waals surface area contributed by atoms with Gasteiger partial charge in [-0.2, -0.15) is 0 Å². The largest absolute Gasteiger partial charge is 0.341 e. The van der Waals surface area contributed by atoms with E-state index in [1.54, 1.807) is 4.90 Å². The van der Waals surface area contributed by atoms with Crippen LogP contribution in [0.1, 0.15) is 26.2 Å². The van der Waals surface area contributed by atoms with Crippen molar-refractivity contribution in [3.8, 4) is 0 Å². The first-order chi connectivity index (χ1) is 6.69. The lowest BCUT2D eigenvalue weighted by molar-refractivity contribution is -0.135. The Morgan fingerprint density at radius 1 is 1.79 bits per heavy atom. The van der Waals surface area contributed by atoms with Crippen LogP contribution in [0.4, 0.5) is 0 Å². The first-order valence-corrected chi connectivity index (χ1v) is 5.65. The van der Waals surface area contributed by atoms with Crippen LogP contribution in [0.3, 0.4) is 0 Å². The summed E-state index contributed by atoms with van der Waals surface area (Å²) in [7, 11) is 0.